The van der Waals surface area contributed by atoms with E-state index in [0.717, 1.165) is 6.21 Å². The van der Waals surface area contributed by atoms with Gasteiger partial charge in [0.25, 0.3) is 0 Å². The van der Waals surface area contributed by atoms with Gasteiger partial charge in [0, 0.05) is 10.9 Å². The van der Waals surface area contributed by atoms with Crippen LogP contribution in [0.5, 0.6) is 11.5 Å². The molecule has 0 atom stereocenters. The molecule has 3 aromatic rings. The minimum absolute atomic E-state index is 0.232. The van der Waals surface area contributed by atoms with Crippen LogP contribution >= 0.6 is 11.3 Å². The Morgan fingerprint density at radius 3 is 2.55 bits per heavy atom. The van der Waals surface area contributed by atoms with Gasteiger partial charge < -0.3 is 9.47 Å². The van der Waals surface area contributed by atoms with Gasteiger partial charge in [-0.25, -0.2) is 13.5 Å². The van der Waals surface area contributed by atoms with Gasteiger partial charge >= 0.3 is 0 Å². The number of aromatic nitrogens is 1. The van der Waals surface area contributed by atoms with Gasteiger partial charge in [-0.05, 0) is 30.3 Å². The molecule has 5 nitrogen and oxygen atoms in total. The summed E-state index contributed by atoms with van der Waals surface area (Å²) in [5, 5.41) is 6.16. The van der Waals surface area contributed by atoms with Crippen molar-refractivity contribution in [2.75, 3.05) is 20.8 Å². The molecule has 0 amide bonds. The molecule has 0 spiro atoms. The highest BCUT2D eigenvalue weighted by atomic mass is 32.1. The Labute approximate surface area is 170 Å². The van der Waals surface area contributed by atoms with Crippen LogP contribution in [0.15, 0.2) is 64.5 Å². The fourth-order valence-electron chi connectivity index (χ4n) is 2.61. The largest absolute Gasteiger partial charge is 0.497 e. The molecule has 0 aliphatic carbocycles. The number of benzene rings is 2. The smallest absolute Gasteiger partial charge is 0.206 e. The Kier molecular flexibility index (Phi) is 6.56. The zero-order valence-electron chi connectivity index (χ0n) is 15.9. The van der Waals surface area contributed by atoms with Gasteiger partial charge in [-0.1, -0.05) is 12.1 Å². The molecule has 0 saturated carbocycles. The highest BCUT2D eigenvalue weighted by Gasteiger charge is 2.14. The summed E-state index contributed by atoms with van der Waals surface area (Å²) in [6.45, 7) is 4.04. The van der Waals surface area contributed by atoms with Crippen molar-refractivity contribution in [3.05, 3.63) is 76.4 Å². The van der Waals surface area contributed by atoms with E-state index in [1.807, 2.05) is 5.38 Å². The molecule has 29 heavy (non-hydrogen) atoms. The molecule has 0 saturated heterocycles. The average Bonchev–Trinajstić information content (AvgIpc) is 3.13. The number of ether oxygens (including phenoxy) is 2. The van der Waals surface area contributed by atoms with Crippen molar-refractivity contribution < 1.29 is 18.3 Å². The lowest BCUT2D eigenvalue weighted by Gasteiger charge is -2.11. The minimum atomic E-state index is -0.699. The standard InChI is InChI=1S/C21H19F2N3O2S/c1-4-10-24-21-26(25-12-16-17(22)6-5-7-18(16)23)19(13-29-21)15-11-14(27-2)8-9-20(15)28-3/h4-9,11-13H,1,10H2,2-3H3. The summed E-state index contributed by atoms with van der Waals surface area (Å²) >= 11 is 1.34. The maximum absolute atomic E-state index is 14.0. The molecular weight excluding hydrogens is 396 g/mol. The lowest BCUT2D eigenvalue weighted by atomic mass is 10.1. The molecule has 0 bridgehead atoms. The number of halogens is 2. The number of thiazole rings is 1. The molecule has 0 aliphatic rings. The van der Waals surface area contributed by atoms with E-state index in [1.54, 1.807) is 38.5 Å². The predicted octanol–water partition coefficient (Wildman–Crippen LogP) is 4.48. The molecule has 0 aliphatic heterocycles. The number of rotatable bonds is 7. The molecule has 3 rings (SSSR count). The van der Waals surface area contributed by atoms with Crippen LogP contribution in [0.1, 0.15) is 5.56 Å². The van der Waals surface area contributed by atoms with Crippen LogP contribution in [0, 0.1) is 11.6 Å². The Balaban J connectivity index is 2.20. The van der Waals surface area contributed by atoms with E-state index in [2.05, 4.69) is 16.7 Å². The highest BCUT2D eigenvalue weighted by Crippen LogP contribution is 2.33. The van der Waals surface area contributed by atoms with Gasteiger partial charge in [-0.2, -0.15) is 5.10 Å². The summed E-state index contributed by atoms with van der Waals surface area (Å²) < 4.78 is 40.3. The number of methoxy groups -OCH3 is 2. The number of hydrogen-bond donors (Lipinski definition) is 0. The summed E-state index contributed by atoms with van der Waals surface area (Å²) in [5.74, 6) is -0.170. The van der Waals surface area contributed by atoms with Crippen LogP contribution < -0.4 is 14.3 Å². The monoisotopic (exact) mass is 415 g/mol. The van der Waals surface area contributed by atoms with E-state index >= 15 is 0 Å². The molecule has 0 radical (unpaired) electrons. The van der Waals surface area contributed by atoms with Gasteiger partial charge in [0.15, 0.2) is 0 Å². The van der Waals surface area contributed by atoms with Gasteiger partial charge in [0.1, 0.15) is 23.1 Å². The fraction of sp³-hybridized carbons (Fsp3) is 0.143. The Hall–Kier alpha value is -3.26. The fourth-order valence-corrected chi connectivity index (χ4v) is 3.45. The summed E-state index contributed by atoms with van der Waals surface area (Å²) in [6.07, 6.45) is 2.79. The first kappa shape index (κ1) is 20.5. The van der Waals surface area contributed by atoms with E-state index in [1.165, 1.54) is 34.2 Å². The Morgan fingerprint density at radius 1 is 1.14 bits per heavy atom. The van der Waals surface area contributed by atoms with Crippen molar-refractivity contribution in [1.29, 1.82) is 0 Å². The Morgan fingerprint density at radius 2 is 1.90 bits per heavy atom. The van der Waals surface area contributed by atoms with Gasteiger partial charge in [0.2, 0.25) is 4.80 Å². The van der Waals surface area contributed by atoms with Crippen molar-refractivity contribution >= 4 is 17.6 Å². The second-order valence-electron chi connectivity index (χ2n) is 5.79. The average molecular weight is 415 g/mol. The van der Waals surface area contributed by atoms with Crippen LogP contribution in [-0.2, 0) is 0 Å². The molecule has 2 aromatic carbocycles. The third kappa shape index (κ3) is 4.43. The summed E-state index contributed by atoms with van der Waals surface area (Å²) in [5.41, 5.74) is 1.11. The molecule has 0 fully saturated rings. The van der Waals surface area contributed by atoms with Crippen LogP contribution in [0.3, 0.4) is 0 Å². The number of hydrogen-bond acceptors (Lipinski definition) is 5. The highest BCUT2D eigenvalue weighted by molar-refractivity contribution is 7.07. The summed E-state index contributed by atoms with van der Waals surface area (Å²) in [4.78, 5) is 4.96. The molecular formula is C21H19F2N3O2S. The number of nitrogens with zero attached hydrogens (tertiary/aromatic N) is 3. The predicted molar refractivity (Wildman–Crippen MR) is 111 cm³/mol. The summed E-state index contributed by atoms with van der Waals surface area (Å²) in [7, 11) is 3.13. The topological polar surface area (TPSA) is 48.1 Å². The molecule has 8 heteroatoms. The van der Waals surface area contributed by atoms with Crippen molar-refractivity contribution in [2.45, 2.75) is 0 Å². The molecule has 1 heterocycles. The maximum atomic E-state index is 14.0. The zero-order chi connectivity index (χ0) is 20.8. The van der Waals surface area contributed by atoms with E-state index in [4.69, 9.17) is 9.47 Å². The first-order chi connectivity index (χ1) is 14.1. The van der Waals surface area contributed by atoms with E-state index < -0.39 is 11.6 Å². The van der Waals surface area contributed by atoms with Crippen molar-refractivity contribution in [3.63, 3.8) is 0 Å². The van der Waals surface area contributed by atoms with Crippen LogP contribution in [0.2, 0.25) is 0 Å². The second kappa shape index (κ2) is 9.29. The normalized spacial score (nSPS) is 11.8. The van der Waals surface area contributed by atoms with Gasteiger partial charge in [-0.3, -0.25) is 4.99 Å². The van der Waals surface area contributed by atoms with Gasteiger partial charge in [-0.15, -0.1) is 17.9 Å². The van der Waals surface area contributed by atoms with Crippen LogP contribution in [-0.4, -0.2) is 31.7 Å². The van der Waals surface area contributed by atoms with E-state index in [0.29, 0.717) is 34.1 Å². The second-order valence-corrected chi connectivity index (χ2v) is 6.63. The quantitative estimate of drug-likeness (QED) is 0.422. The first-order valence-electron chi connectivity index (χ1n) is 8.61. The third-order valence-corrected chi connectivity index (χ3v) is 4.88. The third-order valence-electron chi connectivity index (χ3n) is 4.03. The molecule has 0 unspecified atom stereocenters. The minimum Gasteiger partial charge on any atom is -0.497 e. The SMILES string of the molecule is C=CCN=c1scc(-c2cc(OC)ccc2OC)n1N=Cc1c(F)cccc1F. The zero-order valence-corrected chi connectivity index (χ0v) is 16.7. The van der Waals surface area contributed by atoms with Crippen molar-refractivity contribution in [2.24, 2.45) is 10.1 Å². The first-order valence-corrected chi connectivity index (χ1v) is 9.49. The summed E-state index contributed by atoms with van der Waals surface area (Å²) in [6, 6.07) is 9.01. The lowest BCUT2D eigenvalue weighted by molar-refractivity contribution is 0.404. The van der Waals surface area contributed by atoms with Crippen molar-refractivity contribution in [3.8, 4) is 22.8 Å². The van der Waals surface area contributed by atoms with E-state index in [9.17, 15) is 8.78 Å². The maximum Gasteiger partial charge on any atom is 0.206 e. The van der Waals surface area contributed by atoms with Crippen molar-refractivity contribution in [1.82, 2.24) is 4.68 Å². The van der Waals surface area contributed by atoms with Crippen LogP contribution in [0.4, 0.5) is 8.78 Å². The lowest BCUT2D eigenvalue weighted by Crippen LogP contribution is -2.13. The Bertz CT molecular complexity index is 1100. The molecule has 1 aromatic heterocycles. The molecule has 0 N–H and O–H groups in total. The van der Waals surface area contributed by atoms with Gasteiger partial charge in [0.05, 0.1) is 38.2 Å². The van der Waals surface area contributed by atoms with E-state index in [-0.39, 0.29) is 5.56 Å². The van der Waals surface area contributed by atoms with Crippen LogP contribution in [0.25, 0.3) is 11.3 Å². The molecule has 150 valence electrons.